The van der Waals surface area contributed by atoms with Gasteiger partial charge in [-0.3, -0.25) is 0 Å². The van der Waals surface area contributed by atoms with Gasteiger partial charge in [-0.05, 0) is 36.1 Å². The SMILES string of the molecule is CCNC(=NCc1ccc2c(c1)OCCCO2)NCc1cccs1. The molecule has 128 valence electrons. The molecular weight excluding hydrogens is 322 g/mol. The van der Waals surface area contributed by atoms with Crippen LogP contribution < -0.4 is 20.1 Å². The number of hydrogen-bond acceptors (Lipinski definition) is 4. The molecule has 0 saturated heterocycles. The van der Waals surface area contributed by atoms with Gasteiger partial charge in [-0.2, -0.15) is 0 Å². The van der Waals surface area contributed by atoms with Gasteiger partial charge in [0.2, 0.25) is 0 Å². The number of nitrogens with one attached hydrogen (secondary N) is 2. The lowest BCUT2D eigenvalue weighted by atomic mass is 10.2. The van der Waals surface area contributed by atoms with E-state index in [9.17, 15) is 0 Å². The average molecular weight is 345 g/mol. The van der Waals surface area contributed by atoms with Crippen LogP contribution in [0.15, 0.2) is 40.7 Å². The summed E-state index contributed by atoms with van der Waals surface area (Å²) >= 11 is 1.74. The van der Waals surface area contributed by atoms with Crippen LogP contribution >= 0.6 is 11.3 Å². The molecule has 1 aromatic heterocycles. The van der Waals surface area contributed by atoms with Gasteiger partial charge in [0, 0.05) is 17.8 Å². The van der Waals surface area contributed by atoms with Gasteiger partial charge in [-0.15, -0.1) is 11.3 Å². The maximum Gasteiger partial charge on any atom is 0.191 e. The van der Waals surface area contributed by atoms with E-state index in [1.165, 1.54) is 4.88 Å². The van der Waals surface area contributed by atoms with E-state index in [0.717, 1.165) is 42.5 Å². The Morgan fingerprint density at radius 3 is 2.83 bits per heavy atom. The quantitative estimate of drug-likeness (QED) is 0.646. The number of rotatable bonds is 5. The summed E-state index contributed by atoms with van der Waals surface area (Å²) in [5, 5.41) is 8.72. The fourth-order valence-corrected chi connectivity index (χ4v) is 3.05. The highest BCUT2D eigenvalue weighted by atomic mass is 32.1. The molecule has 5 nitrogen and oxygen atoms in total. The molecule has 1 aromatic carbocycles. The number of ether oxygens (including phenoxy) is 2. The molecule has 0 aliphatic carbocycles. The lowest BCUT2D eigenvalue weighted by molar-refractivity contribution is 0.297. The van der Waals surface area contributed by atoms with E-state index in [0.29, 0.717) is 19.8 Å². The summed E-state index contributed by atoms with van der Waals surface area (Å²) in [6.07, 6.45) is 0.916. The van der Waals surface area contributed by atoms with Gasteiger partial charge in [-0.25, -0.2) is 4.99 Å². The Morgan fingerprint density at radius 1 is 1.17 bits per heavy atom. The van der Waals surface area contributed by atoms with Gasteiger partial charge in [0.05, 0.1) is 26.3 Å². The monoisotopic (exact) mass is 345 g/mol. The van der Waals surface area contributed by atoms with Crippen LogP contribution in [-0.2, 0) is 13.1 Å². The zero-order valence-corrected chi connectivity index (χ0v) is 14.7. The Morgan fingerprint density at radius 2 is 2.04 bits per heavy atom. The molecule has 2 heterocycles. The molecule has 0 radical (unpaired) electrons. The molecule has 0 amide bonds. The Labute approximate surface area is 146 Å². The minimum atomic E-state index is 0.594. The second-order valence-electron chi connectivity index (χ2n) is 5.46. The van der Waals surface area contributed by atoms with E-state index in [4.69, 9.17) is 9.47 Å². The number of nitrogens with zero attached hydrogens (tertiary/aromatic N) is 1. The molecule has 3 rings (SSSR count). The highest BCUT2D eigenvalue weighted by molar-refractivity contribution is 7.09. The Kier molecular flexibility index (Phi) is 5.96. The molecule has 6 heteroatoms. The van der Waals surface area contributed by atoms with E-state index in [1.54, 1.807) is 11.3 Å². The first kappa shape index (κ1) is 16.6. The van der Waals surface area contributed by atoms with E-state index in [2.05, 4.69) is 40.1 Å². The van der Waals surface area contributed by atoms with Crippen molar-refractivity contribution in [3.8, 4) is 11.5 Å². The van der Waals surface area contributed by atoms with Gasteiger partial charge >= 0.3 is 0 Å². The Balaban J connectivity index is 1.63. The van der Waals surface area contributed by atoms with E-state index in [1.807, 2.05) is 18.2 Å². The minimum Gasteiger partial charge on any atom is -0.490 e. The summed E-state index contributed by atoms with van der Waals surface area (Å²) in [7, 11) is 0. The van der Waals surface area contributed by atoms with Crippen molar-refractivity contribution < 1.29 is 9.47 Å². The van der Waals surface area contributed by atoms with Crippen LogP contribution in [0.2, 0.25) is 0 Å². The number of guanidine groups is 1. The predicted molar refractivity (Wildman–Crippen MR) is 98.0 cm³/mol. The van der Waals surface area contributed by atoms with Crippen molar-refractivity contribution in [3.63, 3.8) is 0 Å². The van der Waals surface area contributed by atoms with Gasteiger partial charge in [0.25, 0.3) is 0 Å². The van der Waals surface area contributed by atoms with Crippen LogP contribution in [0, 0.1) is 0 Å². The first-order chi connectivity index (χ1) is 11.8. The topological polar surface area (TPSA) is 54.9 Å². The maximum atomic E-state index is 5.74. The van der Waals surface area contributed by atoms with Crippen molar-refractivity contribution in [2.24, 2.45) is 4.99 Å². The standard InChI is InChI=1S/C18H23N3O2S/c1-2-19-18(21-13-15-5-3-10-24-15)20-12-14-6-7-16-17(11-14)23-9-4-8-22-16/h3,5-7,10-11H,2,4,8-9,12-13H2,1H3,(H2,19,20,21). The van der Waals surface area contributed by atoms with E-state index >= 15 is 0 Å². The maximum absolute atomic E-state index is 5.74. The van der Waals surface area contributed by atoms with Gasteiger partial charge in [0.15, 0.2) is 17.5 Å². The highest BCUT2D eigenvalue weighted by Gasteiger charge is 2.10. The molecule has 0 spiro atoms. The second kappa shape index (κ2) is 8.59. The van der Waals surface area contributed by atoms with E-state index in [-0.39, 0.29) is 0 Å². The lowest BCUT2D eigenvalue weighted by Crippen LogP contribution is -2.36. The van der Waals surface area contributed by atoms with Gasteiger partial charge < -0.3 is 20.1 Å². The van der Waals surface area contributed by atoms with Crippen molar-refractivity contribution >= 4 is 17.3 Å². The van der Waals surface area contributed by atoms with Crippen LogP contribution in [0.1, 0.15) is 23.8 Å². The van der Waals surface area contributed by atoms with Gasteiger partial charge in [-0.1, -0.05) is 12.1 Å². The molecule has 1 aliphatic rings. The summed E-state index contributed by atoms with van der Waals surface area (Å²) in [6, 6.07) is 10.2. The summed E-state index contributed by atoms with van der Waals surface area (Å²) in [6.45, 7) is 5.68. The fraction of sp³-hybridized carbons (Fsp3) is 0.389. The molecular formula is C18H23N3O2S. The molecule has 0 unspecified atom stereocenters. The molecule has 1 aliphatic heterocycles. The first-order valence-corrected chi connectivity index (χ1v) is 9.16. The third-order valence-corrected chi connectivity index (χ3v) is 4.46. The minimum absolute atomic E-state index is 0.594. The summed E-state index contributed by atoms with van der Waals surface area (Å²) in [5.41, 5.74) is 1.10. The highest BCUT2D eigenvalue weighted by Crippen LogP contribution is 2.30. The van der Waals surface area contributed by atoms with Crippen molar-refractivity contribution in [2.45, 2.75) is 26.4 Å². The second-order valence-corrected chi connectivity index (χ2v) is 6.49. The molecule has 24 heavy (non-hydrogen) atoms. The predicted octanol–water partition coefficient (Wildman–Crippen LogP) is 3.16. The number of hydrogen-bond donors (Lipinski definition) is 2. The van der Waals surface area contributed by atoms with Crippen molar-refractivity contribution in [3.05, 3.63) is 46.2 Å². The molecule has 0 bridgehead atoms. The average Bonchev–Trinajstić information content (AvgIpc) is 3.01. The van der Waals surface area contributed by atoms with Gasteiger partial charge in [0.1, 0.15) is 0 Å². The zero-order valence-electron chi connectivity index (χ0n) is 13.9. The third-order valence-electron chi connectivity index (χ3n) is 3.59. The van der Waals surface area contributed by atoms with Crippen molar-refractivity contribution in [1.82, 2.24) is 10.6 Å². The molecule has 0 fully saturated rings. The summed E-state index contributed by atoms with van der Waals surface area (Å²) < 4.78 is 11.4. The van der Waals surface area contributed by atoms with E-state index < -0.39 is 0 Å². The Bertz CT molecular complexity index is 671. The van der Waals surface area contributed by atoms with Crippen molar-refractivity contribution in [2.75, 3.05) is 19.8 Å². The summed E-state index contributed by atoms with van der Waals surface area (Å²) in [5.74, 6) is 2.46. The first-order valence-electron chi connectivity index (χ1n) is 8.28. The number of aliphatic imine (C=N–C) groups is 1. The number of thiophene rings is 1. The number of fused-ring (bicyclic) bond motifs is 1. The fourth-order valence-electron chi connectivity index (χ4n) is 2.40. The smallest absolute Gasteiger partial charge is 0.191 e. The summed E-state index contributed by atoms with van der Waals surface area (Å²) in [4.78, 5) is 5.95. The molecule has 2 aromatic rings. The molecule has 2 N–H and O–H groups in total. The largest absolute Gasteiger partial charge is 0.490 e. The van der Waals surface area contributed by atoms with Crippen LogP contribution in [0.25, 0.3) is 0 Å². The third kappa shape index (κ3) is 4.64. The zero-order chi connectivity index (χ0) is 16.6. The van der Waals surface area contributed by atoms with Crippen molar-refractivity contribution in [1.29, 1.82) is 0 Å². The van der Waals surface area contributed by atoms with Crippen LogP contribution in [0.4, 0.5) is 0 Å². The molecule has 0 atom stereocenters. The van der Waals surface area contributed by atoms with Crippen LogP contribution in [0.3, 0.4) is 0 Å². The normalized spacial score (nSPS) is 14.1. The number of benzene rings is 1. The lowest BCUT2D eigenvalue weighted by Gasteiger charge is -2.11. The Hall–Kier alpha value is -2.21. The van der Waals surface area contributed by atoms with Crippen LogP contribution in [0.5, 0.6) is 11.5 Å². The van der Waals surface area contributed by atoms with Crippen LogP contribution in [-0.4, -0.2) is 25.7 Å². The molecule has 0 saturated carbocycles.